The predicted octanol–water partition coefficient (Wildman–Crippen LogP) is 1.51. The molecule has 0 spiro atoms. The van der Waals surface area contributed by atoms with E-state index in [9.17, 15) is 8.42 Å². The topological polar surface area (TPSA) is 52.6 Å². The molecule has 0 unspecified atom stereocenters. The van der Waals surface area contributed by atoms with Crippen molar-refractivity contribution in [3.63, 3.8) is 0 Å². The van der Waals surface area contributed by atoms with Crippen LogP contribution < -0.4 is 0 Å². The Morgan fingerprint density at radius 1 is 1.06 bits per heavy atom. The van der Waals surface area contributed by atoms with E-state index in [0.29, 0.717) is 12.7 Å². The van der Waals surface area contributed by atoms with Crippen molar-refractivity contribution in [2.45, 2.75) is 51.6 Å². The standard InChI is InChI=1S/C10H21BO4S/c1-9(2)10(3,4)15-11(14-9)7-6-8-16(5,12)13/h6-8H2,1-5H3. The molecule has 0 bridgehead atoms. The van der Waals surface area contributed by atoms with Gasteiger partial charge in [0.1, 0.15) is 9.84 Å². The molecule has 0 amide bonds. The van der Waals surface area contributed by atoms with E-state index >= 15 is 0 Å². The molecule has 6 heteroatoms. The van der Waals surface area contributed by atoms with Crippen LogP contribution in [-0.2, 0) is 19.1 Å². The van der Waals surface area contributed by atoms with E-state index in [1.807, 2.05) is 27.7 Å². The summed E-state index contributed by atoms with van der Waals surface area (Å²) < 4.78 is 33.5. The molecule has 1 heterocycles. The largest absolute Gasteiger partial charge is 0.457 e. The summed E-state index contributed by atoms with van der Waals surface area (Å²) in [6, 6.07) is 0. The van der Waals surface area contributed by atoms with Crippen molar-refractivity contribution in [3.8, 4) is 0 Å². The van der Waals surface area contributed by atoms with E-state index in [4.69, 9.17) is 9.31 Å². The summed E-state index contributed by atoms with van der Waals surface area (Å²) >= 11 is 0. The van der Waals surface area contributed by atoms with Crippen LogP contribution in [0.1, 0.15) is 34.1 Å². The smallest absolute Gasteiger partial charge is 0.403 e. The Morgan fingerprint density at radius 2 is 1.50 bits per heavy atom. The van der Waals surface area contributed by atoms with Crippen molar-refractivity contribution >= 4 is 17.0 Å². The highest BCUT2D eigenvalue weighted by atomic mass is 32.2. The van der Waals surface area contributed by atoms with E-state index in [-0.39, 0.29) is 24.1 Å². The van der Waals surface area contributed by atoms with Crippen molar-refractivity contribution in [2.24, 2.45) is 0 Å². The van der Waals surface area contributed by atoms with Gasteiger partial charge in [-0.2, -0.15) is 0 Å². The minimum atomic E-state index is -2.88. The van der Waals surface area contributed by atoms with Crippen LogP contribution in [0.15, 0.2) is 0 Å². The summed E-state index contributed by atoms with van der Waals surface area (Å²) in [5.74, 6) is 0.192. The van der Waals surface area contributed by atoms with E-state index in [1.54, 1.807) is 0 Å². The van der Waals surface area contributed by atoms with Crippen LogP contribution >= 0.6 is 0 Å². The summed E-state index contributed by atoms with van der Waals surface area (Å²) in [7, 11) is -3.17. The van der Waals surface area contributed by atoms with Crippen LogP contribution in [0.3, 0.4) is 0 Å². The molecule has 0 atom stereocenters. The van der Waals surface area contributed by atoms with Gasteiger partial charge in [-0.15, -0.1) is 0 Å². The van der Waals surface area contributed by atoms with Gasteiger partial charge in [0.25, 0.3) is 0 Å². The maximum Gasteiger partial charge on any atom is 0.457 e. The SMILES string of the molecule is CC1(C)OB(CCCS(C)(=O)=O)OC1(C)C. The number of hydrogen-bond donors (Lipinski definition) is 0. The van der Waals surface area contributed by atoms with E-state index in [2.05, 4.69) is 0 Å². The molecule has 1 saturated heterocycles. The maximum absolute atomic E-state index is 11.0. The summed E-state index contributed by atoms with van der Waals surface area (Å²) in [6.45, 7) is 7.96. The Balaban J connectivity index is 2.43. The molecule has 0 aromatic carbocycles. The fourth-order valence-electron chi connectivity index (χ4n) is 1.60. The fraction of sp³-hybridized carbons (Fsp3) is 1.00. The highest BCUT2D eigenvalue weighted by Gasteiger charge is 2.50. The molecule has 94 valence electrons. The lowest BCUT2D eigenvalue weighted by molar-refractivity contribution is 0.00578. The van der Waals surface area contributed by atoms with Crippen molar-refractivity contribution in [1.29, 1.82) is 0 Å². The second-order valence-corrected chi connectivity index (χ2v) is 7.72. The average Bonchev–Trinajstić information content (AvgIpc) is 2.17. The molecular weight excluding hydrogens is 227 g/mol. The molecule has 1 aliphatic rings. The third-order valence-electron chi connectivity index (χ3n) is 3.26. The Hall–Kier alpha value is -0.0651. The average molecular weight is 248 g/mol. The lowest BCUT2D eigenvalue weighted by atomic mass is 9.83. The molecule has 0 aromatic rings. The zero-order chi connectivity index (χ0) is 12.6. The summed E-state index contributed by atoms with van der Waals surface area (Å²) in [4.78, 5) is 0. The molecule has 1 rings (SSSR count). The van der Waals surface area contributed by atoms with Gasteiger partial charge in [0.15, 0.2) is 0 Å². The molecule has 0 aromatic heterocycles. The van der Waals surface area contributed by atoms with Gasteiger partial charge in [0.05, 0.1) is 11.2 Å². The summed E-state index contributed by atoms with van der Waals surface area (Å²) in [5, 5.41) is 0. The van der Waals surface area contributed by atoms with Gasteiger partial charge in [0.2, 0.25) is 0 Å². The first-order chi connectivity index (χ1) is 7.04. The van der Waals surface area contributed by atoms with Crippen LogP contribution in [0.25, 0.3) is 0 Å². The van der Waals surface area contributed by atoms with Gasteiger partial charge in [-0.3, -0.25) is 0 Å². The summed E-state index contributed by atoms with van der Waals surface area (Å²) in [5.41, 5.74) is -0.661. The van der Waals surface area contributed by atoms with Crippen molar-refractivity contribution < 1.29 is 17.7 Å². The second-order valence-electron chi connectivity index (χ2n) is 5.46. The molecule has 16 heavy (non-hydrogen) atoms. The Morgan fingerprint density at radius 3 is 1.88 bits per heavy atom. The van der Waals surface area contributed by atoms with E-state index in [0.717, 1.165) is 0 Å². The zero-order valence-corrected chi connectivity index (χ0v) is 11.6. The Labute approximate surface area is 98.8 Å². The van der Waals surface area contributed by atoms with Gasteiger partial charge >= 0.3 is 7.12 Å². The quantitative estimate of drug-likeness (QED) is 0.708. The molecule has 0 saturated carbocycles. The monoisotopic (exact) mass is 248 g/mol. The Bertz CT molecular complexity index is 332. The minimum absolute atomic E-state index is 0.192. The fourth-order valence-corrected chi connectivity index (χ4v) is 2.29. The van der Waals surface area contributed by atoms with Crippen LogP contribution in [-0.4, -0.2) is 38.7 Å². The molecule has 1 aliphatic heterocycles. The first-order valence-corrected chi connectivity index (χ1v) is 7.63. The lowest BCUT2D eigenvalue weighted by Gasteiger charge is -2.32. The van der Waals surface area contributed by atoms with Gasteiger partial charge in [0, 0.05) is 12.0 Å². The Kier molecular flexibility index (Phi) is 3.77. The molecule has 1 fully saturated rings. The van der Waals surface area contributed by atoms with Gasteiger partial charge in [-0.1, -0.05) is 0 Å². The number of rotatable bonds is 4. The normalized spacial score (nSPS) is 23.7. The van der Waals surface area contributed by atoms with Gasteiger partial charge in [-0.25, -0.2) is 8.42 Å². The number of sulfone groups is 1. The lowest BCUT2D eigenvalue weighted by Crippen LogP contribution is -2.41. The highest BCUT2D eigenvalue weighted by Crippen LogP contribution is 2.37. The van der Waals surface area contributed by atoms with Gasteiger partial charge in [-0.05, 0) is 40.4 Å². The van der Waals surface area contributed by atoms with Crippen LogP contribution in [0.5, 0.6) is 0 Å². The zero-order valence-electron chi connectivity index (χ0n) is 10.7. The van der Waals surface area contributed by atoms with Crippen LogP contribution in [0.4, 0.5) is 0 Å². The van der Waals surface area contributed by atoms with Crippen molar-refractivity contribution in [1.82, 2.24) is 0 Å². The molecular formula is C10H21BO4S. The molecule has 4 nitrogen and oxygen atoms in total. The minimum Gasteiger partial charge on any atom is -0.403 e. The molecule has 0 N–H and O–H groups in total. The first-order valence-electron chi connectivity index (χ1n) is 5.57. The molecule has 0 aliphatic carbocycles. The second kappa shape index (κ2) is 4.31. The summed E-state index contributed by atoms with van der Waals surface area (Å²) in [6.07, 6.45) is 2.45. The first kappa shape index (κ1) is 14.0. The number of hydrogen-bond acceptors (Lipinski definition) is 4. The highest BCUT2D eigenvalue weighted by molar-refractivity contribution is 7.90. The maximum atomic E-state index is 11.0. The molecule has 0 radical (unpaired) electrons. The third kappa shape index (κ3) is 3.47. The van der Waals surface area contributed by atoms with Crippen LogP contribution in [0, 0.1) is 0 Å². The van der Waals surface area contributed by atoms with Crippen molar-refractivity contribution in [2.75, 3.05) is 12.0 Å². The van der Waals surface area contributed by atoms with E-state index in [1.165, 1.54) is 6.26 Å². The van der Waals surface area contributed by atoms with Crippen molar-refractivity contribution in [3.05, 3.63) is 0 Å². The predicted molar refractivity (Wildman–Crippen MR) is 65.2 cm³/mol. The van der Waals surface area contributed by atoms with Gasteiger partial charge < -0.3 is 9.31 Å². The third-order valence-corrected chi connectivity index (χ3v) is 4.29. The van der Waals surface area contributed by atoms with Crippen LogP contribution in [0.2, 0.25) is 6.32 Å². The van der Waals surface area contributed by atoms with E-state index < -0.39 is 9.84 Å².